The van der Waals surface area contributed by atoms with Gasteiger partial charge in [-0.2, -0.15) is 0 Å². The van der Waals surface area contributed by atoms with E-state index in [0.717, 1.165) is 6.26 Å². The van der Waals surface area contributed by atoms with Gasteiger partial charge in [-0.05, 0) is 12.8 Å². The summed E-state index contributed by atoms with van der Waals surface area (Å²) in [5.41, 5.74) is 5.33. The van der Waals surface area contributed by atoms with E-state index in [1.807, 2.05) is 0 Å². The highest BCUT2D eigenvalue weighted by Crippen LogP contribution is 2.17. The van der Waals surface area contributed by atoms with Crippen LogP contribution in [0, 0.1) is 0 Å². The number of ether oxygens (including phenoxy) is 1. The van der Waals surface area contributed by atoms with Gasteiger partial charge in [-0.3, -0.25) is 0 Å². The van der Waals surface area contributed by atoms with E-state index in [4.69, 9.17) is 10.5 Å². The Bertz CT molecular complexity index is 466. The number of sulfone groups is 1. The molecule has 0 amide bonds. The number of sulfonamides is 1. The molecule has 0 atom stereocenters. The second kappa shape index (κ2) is 6.98. The molecule has 0 bridgehead atoms. The second-order valence-corrected chi connectivity index (χ2v) is 9.05. The number of hydrogen-bond donors (Lipinski definition) is 1. The van der Waals surface area contributed by atoms with Gasteiger partial charge in [0.25, 0.3) is 0 Å². The maximum Gasteiger partial charge on any atom is 0.215 e. The Balaban J connectivity index is 2.45. The molecule has 0 saturated carbocycles. The molecular formula is C10H22N2O5S2. The van der Waals surface area contributed by atoms with Crippen LogP contribution < -0.4 is 5.73 Å². The van der Waals surface area contributed by atoms with Crippen LogP contribution in [-0.4, -0.2) is 71.2 Å². The zero-order valence-corrected chi connectivity index (χ0v) is 12.7. The summed E-state index contributed by atoms with van der Waals surface area (Å²) in [5, 5.41) is 0. The standard InChI is InChI=1S/C10H22N2O5S2/c1-18(13,14)8-9-19(15,16)12-5-2-10(3-6-12)17-7-4-11/h10H,2-9,11H2,1H3. The van der Waals surface area contributed by atoms with Crippen molar-refractivity contribution in [1.82, 2.24) is 4.31 Å². The average Bonchev–Trinajstić information content (AvgIpc) is 2.34. The molecule has 2 N–H and O–H groups in total. The predicted octanol–water partition coefficient (Wildman–Crippen LogP) is -1.20. The van der Waals surface area contributed by atoms with E-state index in [1.54, 1.807) is 0 Å². The van der Waals surface area contributed by atoms with Gasteiger partial charge < -0.3 is 10.5 Å². The molecular weight excluding hydrogens is 292 g/mol. The van der Waals surface area contributed by atoms with Crippen LogP contribution in [0.5, 0.6) is 0 Å². The minimum Gasteiger partial charge on any atom is -0.377 e. The lowest BCUT2D eigenvalue weighted by atomic mass is 10.1. The SMILES string of the molecule is CS(=O)(=O)CCS(=O)(=O)N1CCC(OCCN)CC1. The highest BCUT2D eigenvalue weighted by molar-refractivity contribution is 7.93. The van der Waals surface area contributed by atoms with Gasteiger partial charge in [0.05, 0.1) is 24.2 Å². The third-order valence-corrected chi connectivity index (χ3v) is 6.05. The molecule has 1 heterocycles. The Morgan fingerprint density at radius 1 is 1.16 bits per heavy atom. The van der Waals surface area contributed by atoms with Crippen LogP contribution in [0.1, 0.15) is 12.8 Å². The minimum absolute atomic E-state index is 0.0462. The first-order valence-electron chi connectivity index (χ1n) is 6.22. The van der Waals surface area contributed by atoms with E-state index >= 15 is 0 Å². The van der Waals surface area contributed by atoms with Crippen LogP contribution in [-0.2, 0) is 24.6 Å². The van der Waals surface area contributed by atoms with Crippen molar-refractivity contribution in [2.24, 2.45) is 5.73 Å². The Kier molecular flexibility index (Phi) is 6.18. The zero-order valence-electron chi connectivity index (χ0n) is 11.1. The largest absolute Gasteiger partial charge is 0.377 e. The quantitative estimate of drug-likeness (QED) is 0.632. The minimum atomic E-state index is -3.49. The van der Waals surface area contributed by atoms with Crippen molar-refractivity contribution in [2.75, 3.05) is 44.0 Å². The first-order chi connectivity index (χ1) is 8.74. The molecule has 19 heavy (non-hydrogen) atoms. The summed E-state index contributed by atoms with van der Waals surface area (Å²) in [4.78, 5) is 0. The van der Waals surface area contributed by atoms with Gasteiger partial charge in [0.15, 0.2) is 0 Å². The molecule has 114 valence electrons. The van der Waals surface area contributed by atoms with Gasteiger partial charge in [0.1, 0.15) is 9.84 Å². The molecule has 1 fully saturated rings. The van der Waals surface area contributed by atoms with E-state index in [9.17, 15) is 16.8 Å². The molecule has 0 unspecified atom stereocenters. The normalized spacial score (nSPS) is 19.7. The summed E-state index contributed by atoms with van der Waals surface area (Å²) in [6, 6.07) is 0. The van der Waals surface area contributed by atoms with Crippen molar-refractivity contribution < 1.29 is 21.6 Å². The van der Waals surface area contributed by atoms with Crippen LogP contribution >= 0.6 is 0 Å². The fourth-order valence-electron chi connectivity index (χ4n) is 1.90. The lowest BCUT2D eigenvalue weighted by Gasteiger charge is -2.31. The molecule has 0 radical (unpaired) electrons. The molecule has 0 aliphatic carbocycles. The van der Waals surface area contributed by atoms with Crippen molar-refractivity contribution >= 4 is 19.9 Å². The number of nitrogens with zero attached hydrogens (tertiary/aromatic N) is 1. The smallest absolute Gasteiger partial charge is 0.215 e. The van der Waals surface area contributed by atoms with Crippen LogP contribution in [0.2, 0.25) is 0 Å². The highest BCUT2D eigenvalue weighted by Gasteiger charge is 2.28. The van der Waals surface area contributed by atoms with Crippen molar-refractivity contribution in [1.29, 1.82) is 0 Å². The maximum absolute atomic E-state index is 12.0. The third-order valence-electron chi connectivity index (χ3n) is 2.98. The topological polar surface area (TPSA) is 107 Å². The lowest BCUT2D eigenvalue weighted by molar-refractivity contribution is 0.0258. The van der Waals surface area contributed by atoms with Gasteiger partial charge in [-0.25, -0.2) is 21.1 Å². The molecule has 1 saturated heterocycles. The summed E-state index contributed by atoms with van der Waals surface area (Å²) in [6.45, 7) is 1.68. The average molecular weight is 314 g/mol. The number of rotatable bonds is 7. The van der Waals surface area contributed by atoms with Crippen molar-refractivity contribution in [2.45, 2.75) is 18.9 Å². The summed E-state index contributed by atoms with van der Waals surface area (Å²) in [5.74, 6) is -0.681. The highest BCUT2D eigenvalue weighted by atomic mass is 32.2. The lowest BCUT2D eigenvalue weighted by Crippen LogP contribution is -2.43. The van der Waals surface area contributed by atoms with Gasteiger partial charge in [0.2, 0.25) is 10.0 Å². The van der Waals surface area contributed by atoms with Crippen LogP contribution in [0.15, 0.2) is 0 Å². The Morgan fingerprint density at radius 3 is 2.21 bits per heavy atom. The summed E-state index contributed by atoms with van der Waals surface area (Å²) < 4.78 is 52.8. The van der Waals surface area contributed by atoms with Crippen molar-refractivity contribution in [3.8, 4) is 0 Å². The fourth-order valence-corrected chi connectivity index (χ4v) is 4.98. The zero-order chi connectivity index (χ0) is 14.5. The van der Waals surface area contributed by atoms with Crippen LogP contribution in [0.25, 0.3) is 0 Å². The van der Waals surface area contributed by atoms with Crippen molar-refractivity contribution in [3.63, 3.8) is 0 Å². The molecule has 1 rings (SSSR count). The Morgan fingerprint density at radius 2 is 1.74 bits per heavy atom. The van der Waals surface area contributed by atoms with E-state index in [2.05, 4.69) is 0 Å². The molecule has 1 aliphatic rings. The number of hydrogen-bond acceptors (Lipinski definition) is 6. The summed E-state index contributed by atoms with van der Waals surface area (Å²) in [7, 11) is -6.75. The summed E-state index contributed by atoms with van der Waals surface area (Å²) >= 11 is 0. The molecule has 0 spiro atoms. The molecule has 0 aromatic rings. The fraction of sp³-hybridized carbons (Fsp3) is 1.00. The van der Waals surface area contributed by atoms with Crippen LogP contribution in [0.4, 0.5) is 0 Å². The molecule has 0 aromatic carbocycles. The van der Waals surface area contributed by atoms with Gasteiger partial charge in [0, 0.05) is 25.9 Å². The first kappa shape index (κ1) is 16.8. The number of piperidine rings is 1. The predicted molar refractivity (Wildman–Crippen MR) is 73.1 cm³/mol. The maximum atomic E-state index is 12.0. The van der Waals surface area contributed by atoms with E-state index < -0.39 is 19.9 Å². The van der Waals surface area contributed by atoms with E-state index in [-0.39, 0.29) is 17.6 Å². The van der Waals surface area contributed by atoms with E-state index in [1.165, 1.54) is 4.31 Å². The van der Waals surface area contributed by atoms with Gasteiger partial charge in [-0.15, -0.1) is 0 Å². The third kappa shape index (κ3) is 6.17. The summed E-state index contributed by atoms with van der Waals surface area (Å²) in [6.07, 6.45) is 2.33. The molecule has 1 aliphatic heterocycles. The first-order valence-corrected chi connectivity index (χ1v) is 9.89. The Labute approximate surface area is 115 Å². The van der Waals surface area contributed by atoms with Gasteiger partial charge >= 0.3 is 0 Å². The van der Waals surface area contributed by atoms with E-state index in [0.29, 0.717) is 39.1 Å². The van der Waals surface area contributed by atoms with Gasteiger partial charge in [-0.1, -0.05) is 0 Å². The second-order valence-electron chi connectivity index (χ2n) is 4.70. The molecule has 7 nitrogen and oxygen atoms in total. The molecule has 9 heteroatoms. The van der Waals surface area contributed by atoms with Crippen molar-refractivity contribution in [3.05, 3.63) is 0 Å². The monoisotopic (exact) mass is 314 g/mol. The van der Waals surface area contributed by atoms with Crippen LogP contribution in [0.3, 0.4) is 0 Å². The number of nitrogens with two attached hydrogens (primary N) is 1. The molecule has 0 aromatic heterocycles. The Hall–Kier alpha value is -0.220.